The summed E-state index contributed by atoms with van der Waals surface area (Å²) in [5.41, 5.74) is -0.724. The number of ether oxygens (including phenoxy) is 1. The molecule has 1 fully saturated rings. The third-order valence-electron chi connectivity index (χ3n) is 2.15. The van der Waals surface area contributed by atoms with Crippen molar-refractivity contribution in [3.63, 3.8) is 0 Å². The van der Waals surface area contributed by atoms with Gasteiger partial charge in [-0.25, -0.2) is 4.98 Å². The molecule has 2 nitrogen and oxygen atoms in total. The molecule has 0 atom stereocenters. The molecule has 0 aliphatic heterocycles. The monoisotopic (exact) mass is 249 g/mol. The Kier molecular flexibility index (Phi) is 3.01. The summed E-state index contributed by atoms with van der Waals surface area (Å²) in [7, 11) is 0. The fourth-order valence-corrected chi connectivity index (χ4v) is 1.79. The molecule has 0 bridgehead atoms. The average molecular weight is 249 g/mol. The van der Waals surface area contributed by atoms with Crippen molar-refractivity contribution in [1.82, 2.24) is 4.98 Å². The molecule has 6 heteroatoms. The van der Waals surface area contributed by atoms with Crippen LogP contribution in [0.3, 0.4) is 0 Å². The summed E-state index contributed by atoms with van der Waals surface area (Å²) in [6.07, 6.45) is 0.423. The summed E-state index contributed by atoms with van der Waals surface area (Å²) in [4.78, 5) is 3.76. The maximum Gasteiger partial charge on any atom is 0.419 e. The molecule has 0 amide bonds. The first kappa shape index (κ1) is 11.6. The van der Waals surface area contributed by atoms with E-state index in [0.717, 1.165) is 30.7 Å². The van der Waals surface area contributed by atoms with Gasteiger partial charge in [-0.1, -0.05) is 0 Å². The number of halogens is 3. The van der Waals surface area contributed by atoms with Crippen LogP contribution in [0.25, 0.3) is 0 Å². The Morgan fingerprint density at radius 2 is 2.12 bits per heavy atom. The summed E-state index contributed by atoms with van der Waals surface area (Å²) in [6, 6.07) is 1.02. The van der Waals surface area contributed by atoms with Crippen molar-refractivity contribution in [2.24, 2.45) is 0 Å². The molecule has 2 rings (SSSR count). The Morgan fingerprint density at radius 3 is 2.62 bits per heavy atom. The number of hydrogen-bond donors (Lipinski definition) is 0. The number of thioether (sulfide) groups is 1. The molecule has 16 heavy (non-hydrogen) atoms. The van der Waals surface area contributed by atoms with Crippen molar-refractivity contribution in [1.29, 1.82) is 0 Å². The van der Waals surface area contributed by atoms with Gasteiger partial charge in [-0.15, -0.1) is 11.8 Å². The van der Waals surface area contributed by atoms with E-state index in [1.807, 2.05) is 0 Å². The molecule has 0 unspecified atom stereocenters. The summed E-state index contributed by atoms with van der Waals surface area (Å²) < 4.78 is 43.3. The lowest BCUT2D eigenvalue weighted by atomic mass is 10.2. The summed E-state index contributed by atoms with van der Waals surface area (Å²) in [6.45, 7) is 0. The van der Waals surface area contributed by atoms with Crippen molar-refractivity contribution in [2.45, 2.75) is 30.1 Å². The first-order valence-corrected chi connectivity index (χ1v) is 6.01. The minimum absolute atomic E-state index is 0.0179. The van der Waals surface area contributed by atoms with E-state index >= 15 is 0 Å². The van der Waals surface area contributed by atoms with Crippen molar-refractivity contribution in [3.8, 4) is 5.75 Å². The third-order valence-corrected chi connectivity index (χ3v) is 2.86. The van der Waals surface area contributed by atoms with Gasteiger partial charge in [-0.2, -0.15) is 13.2 Å². The predicted molar refractivity (Wildman–Crippen MR) is 54.7 cm³/mol. The van der Waals surface area contributed by atoms with Gasteiger partial charge in [0.1, 0.15) is 10.8 Å². The van der Waals surface area contributed by atoms with Gasteiger partial charge in [0, 0.05) is 0 Å². The fraction of sp³-hybridized carbons (Fsp3) is 0.500. The lowest BCUT2D eigenvalue weighted by Gasteiger charge is -2.12. The summed E-state index contributed by atoms with van der Waals surface area (Å²) >= 11 is 0.979. The van der Waals surface area contributed by atoms with Crippen LogP contribution in [0.1, 0.15) is 18.4 Å². The van der Waals surface area contributed by atoms with Crippen molar-refractivity contribution in [3.05, 3.63) is 17.8 Å². The lowest BCUT2D eigenvalue weighted by Crippen LogP contribution is -2.09. The van der Waals surface area contributed by atoms with E-state index in [-0.39, 0.29) is 16.9 Å². The minimum atomic E-state index is -4.38. The molecule has 1 heterocycles. The van der Waals surface area contributed by atoms with Crippen LogP contribution in [0.4, 0.5) is 13.2 Å². The van der Waals surface area contributed by atoms with Gasteiger partial charge in [0.05, 0.1) is 17.9 Å². The SMILES string of the molecule is CSc1ncc(OC2CC2)cc1C(F)(F)F. The van der Waals surface area contributed by atoms with Crippen LogP contribution >= 0.6 is 11.8 Å². The fourth-order valence-electron chi connectivity index (χ4n) is 1.24. The van der Waals surface area contributed by atoms with Crippen LogP contribution in [0.2, 0.25) is 0 Å². The number of alkyl halides is 3. The second-order valence-electron chi connectivity index (χ2n) is 3.54. The molecule has 0 saturated heterocycles. The van der Waals surface area contributed by atoms with Crippen LogP contribution in [0.15, 0.2) is 17.3 Å². The number of aromatic nitrogens is 1. The minimum Gasteiger partial charge on any atom is -0.489 e. The molecule has 88 valence electrons. The Morgan fingerprint density at radius 1 is 1.44 bits per heavy atom. The smallest absolute Gasteiger partial charge is 0.419 e. The van der Waals surface area contributed by atoms with Crippen LogP contribution in [0, 0.1) is 0 Å². The number of nitrogens with zero attached hydrogens (tertiary/aromatic N) is 1. The zero-order valence-corrected chi connectivity index (χ0v) is 9.36. The van der Waals surface area contributed by atoms with Gasteiger partial charge in [-0.3, -0.25) is 0 Å². The van der Waals surface area contributed by atoms with Gasteiger partial charge >= 0.3 is 6.18 Å². The molecule has 1 saturated carbocycles. The second kappa shape index (κ2) is 4.16. The highest BCUT2D eigenvalue weighted by Crippen LogP contribution is 2.37. The molecule has 0 aromatic carbocycles. The molecule has 0 radical (unpaired) electrons. The van der Waals surface area contributed by atoms with Gasteiger partial charge < -0.3 is 4.74 Å². The predicted octanol–water partition coefficient (Wildman–Crippen LogP) is 3.36. The Bertz CT molecular complexity index is 390. The maximum absolute atomic E-state index is 12.7. The Hall–Kier alpha value is -0.910. The zero-order valence-electron chi connectivity index (χ0n) is 8.54. The van der Waals surface area contributed by atoms with Crippen LogP contribution in [0.5, 0.6) is 5.75 Å². The van der Waals surface area contributed by atoms with E-state index in [0.29, 0.717) is 0 Å². The van der Waals surface area contributed by atoms with Crippen LogP contribution in [-0.4, -0.2) is 17.3 Å². The van der Waals surface area contributed by atoms with E-state index in [4.69, 9.17) is 4.74 Å². The van der Waals surface area contributed by atoms with E-state index in [2.05, 4.69) is 4.98 Å². The maximum atomic E-state index is 12.7. The lowest BCUT2D eigenvalue weighted by molar-refractivity contribution is -0.140. The molecule has 1 aromatic heterocycles. The van der Waals surface area contributed by atoms with Gasteiger partial charge in [0.15, 0.2) is 0 Å². The quantitative estimate of drug-likeness (QED) is 0.767. The summed E-state index contributed by atoms with van der Waals surface area (Å²) in [5.74, 6) is 0.202. The average Bonchev–Trinajstić information content (AvgIpc) is 3.00. The van der Waals surface area contributed by atoms with E-state index in [1.54, 1.807) is 6.26 Å². The highest BCUT2D eigenvalue weighted by molar-refractivity contribution is 7.98. The van der Waals surface area contributed by atoms with Crippen molar-refractivity contribution >= 4 is 11.8 Å². The topological polar surface area (TPSA) is 22.1 Å². The van der Waals surface area contributed by atoms with Crippen molar-refractivity contribution in [2.75, 3.05) is 6.26 Å². The Labute approximate surface area is 95.2 Å². The molecule has 1 aliphatic rings. The van der Waals surface area contributed by atoms with Crippen LogP contribution < -0.4 is 4.74 Å². The van der Waals surface area contributed by atoms with E-state index < -0.39 is 11.7 Å². The first-order valence-electron chi connectivity index (χ1n) is 4.78. The number of pyridine rings is 1. The highest BCUT2D eigenvalue weighted by atomic mass is 32.2. The zero-order chi connectivity index (χ0) is 11.8. The first-order chi connectivity index (χ1) is 7.50. The third kappa shape index (κ3) is 2.61. The van der Waals surface area contributed by atoms with Crippen LogP contribution in [-0.2, 0) is 6.18 Å². The highest BCUT2D eigenvalue weighted by Gasteiger charge is 2.35. The summed E-state index contributed by atoms with van der Waals surface area (Å²) in [5, 5.41) is -0.0179. The molecule has 1 aliphatic carbocycles. The molecule has 0 N–H and O–H groups in total. The van der Waals surface area contributed by atoms with Crippen molar-refractivity contribution < 1.29 is 17.9 Å². The number of rotatable bonds is 3. The standard InChI is InChI=1S/C10H10F3NOS/c1-16-9-8(10(11,12)13)4-7(5-14-9)15-6-2-3-6/h4-6H,2-3H2,1H3. The normalized spacial score (nSPS) is 16.2. The molecular formula is C10H10F3NOS. The molecular weight excluding hydrogens is 239 g/mol. The largest absolute Gasteiger partial charge is 0.489 e. The van der Waals surface area contributed by atoms with E-state index in [1.165, 1.54) is 6.20 Å². The van der Waals surface area contributed by atoms with Gasteiger partial charge in [-0.05, 0) is 25.2 Å². The van der Waals surface area contributed by atoms with Gasteiger partial charge in [0.2, 0.25) is 0 Å². The molecule has 0 spiro atoms. The van der Waals surface area contributed by atoms with E-state index in [9.17, 15) is 13.2 Å². The molecule has 1 aromatic rings. The van der Waals surface area contributed by atoms with Gasteiger partial charge in [0.25, 0.3) is 0 Å². The Balaban J connectivity index is 2.29. The number of hydrogen-bond acceptors (Lipinski definition) is 3. The second-order valence-corrected chi connectivity index (χ2v) is 4.34.